The number of rotatable bonds is 8. The number of hydrogen-bond acceptors (Lipinski definition) is 5. The Labute approximate surface area is 165 Å². The first-order valence-corrected chi connectivity index (χ1v) is 9.34. The normalized spacial score (nSPS) is 19.0. The van der Waals surface area contributed by atoms with Crippen molar-refractivity contribution in [2.24, 2.45) is 0 Å². The molecule has 28 heavy (non-hydrogen) atoms. The van der Waals surface area contributed by atoms with Crippen molar-refractivity contribution in [2.75, 3.05) is 34.5 Å². The molecular weight excluding hydrogens is 358 g/mol. The summed E-state index contributed by atoms with van der Waals surface area (Å²) in [6.45, 7) is 1.04. The third-order valence-corrected chi connectivity index (χ3v) is 5.47. The number of hydrogen-bond donors (Lipinski definition) is 1. The summed E-state index contributed by atoms with van der Waals surface area (Å²) in [5.74, 6) is 1.70. The summed E-state index contributed by atoms with van der Waals surface area (Å²) in [6, 6.07) is 13.5. The molecule has 1 heterocycles. The van der Waals surface area contributed by atoms with E-state index in [0.29, 0.717) is 43.2 Å². The van der Waals surface area contributed by atoms with Crippen LogP contribution in [0.15, 0.2) is 42.5 Å². The molecule has 2 aromatic carbocycles. The van der Waals surface area contributed by atoms with E-state index >= 15 is 0 Å². The highest BCUT2D eigenvalue weighted by Crippen LogP contribution is 2.41. The summed E-state index contributed by atoms with van der Waals surface area (Å²) in [7, 11) is 4.71. The second-order valence-corrected chi connectivity index (χ2v) is 6.93. The lowest BCUT2D eigenvalue weighted by molar-refractivity contribution is -0.133. The van der Waals surface area contributed by atoms with E-state index in [1.165, 1.54) is 0 Å². The first-order chi connectivity index (χ1) is 13.6. The first kappa shape index (κ1) is 20.0. The number of carbonyl (C=O) groups excluding carboxylic acids is 1. The van der Waals surface area contributed by atoms with Crippen LogP contribution in [0.5, 0.6) is 17.2 Å². The van der Waals surface area contributed by atoms with Gasteiger partial charge in [0.05, 0.1) is 26.7 Å². The number of nitrogens with zero attached hydrogens (tertiary/aromatic N) is 1. The number of ether oxygens (including phenoxy) is 3. The Bertz CT molecular complexity index is 798. The van der Waals surface area contributed by atoms with Crippen LogP contribution >= 0.6 is 0 Å². The standard InChI is InChI=1S/C22H27NO5/c1-26-18-13-16(14-19(27-2)20(18)28-3)15-23-11-9-22(10-12-24,21(23)25)17-7-5-4-6-8-17/h4-8,13-14,24H,9-12,15H2,1-3H3. The number of benzene rings is 2. The summed E-state index contributed by atoms with van der Waals surface area (Å²) in [4.78, 5) is 15.2. The third kappa shape index (κ3) is 3.52. The molecule has 1 fully saturated rings. The Morgan fingerprint density at radius 1 is 1.04 bits per heavy atom. The maximum absolute atomic E-state index is 13.4. The number of methoxy groups -OCH3 is 3. The quantitative estimate of drug-likeness (QED) is 0.757. The molecule has 1 N–H and O–H groups in total. The Kier molecular flexibility index (Phi) is 6.09. The second kappa shape index (κ2) is 8.52. The van der Waals surface area contributed by atoms with Gasteiger partial charge >= 0.3 is 0 Å². The van der Waals surface area contributed by atoms with Gasteiger partial charge in [-0.15, -0.1) is 0 Å². The van der Waals surface area contributed by atoms with Gasteiger partial charge in [0.2, 0.25) is 11.7 Å². The van der Waals surface area contributed by atoms with E-state index in [9.17, 15) is 9.90 Å². The van der Waals surface area contributed by atoms with Gasteiger partial charge in [0.1, 0.15) is 0 Å². The minimum absolute atomic E-state index is 0.0291. The van der Waals surface area contributed by atoms with Crippen LogP contribution in [0.25, 0.3) is 0 Å². The molecule has 1 aliphatic rings. The van der Waals surface area contributed by atoms with Crippen LogP contribution in [0.1, 0.15) is 24.0 Å². The zero-order chi connectivity index (χ0) is 20.1. The molecule has 3 rings (SSSR count). The molecule has 1 amide bonds. The van der Waals surface area contributed by atoms with Crippen LogP contribution in [0.4, 0.5) is 0 Å². The zero-order valence-electron chi connectivity index (χ0n) is 16.6. The van der Waals surface area contributed by atoms with Crippen molar-refractivity contribution in [1.82, 2.24) is 4.90 Å². The topological polar surface area (TPSA) is 68.2 Å². The smallest absolute Gasteiger partial charge is 0.233 e. The molecule has 0 aliphatic carbocycles. The van der Waals surface area contributed by atoms with Gasteiger partial charge < -0.3 is 24.2 Å². The van der Waals surface area contributed by atoms with Crippen molar-refractivity contribution in [1.29, 1.82) is 0 Å². The fraction of sp³-hybridized carbons (Fsp3) is 0.409. The Hall–Kier alpha value is -2.73. The van der Waals surface area contributed by atoms with Crippen molar-refractivity contribution >= 4 is 5.91 Å². The fourth-order valence-corrected chi connectivity index (χ4v) is 4.03. The van der Waals surface area contributed by atoms with Crippen LogP contribution in [-0.2, 0) is 16.8 Å². The maximum atomic E-state index is 13.4. The van der Waals surface area contributed by atoms with E-state index in [-0.39, 0.29) is 12.5 Å². The zero-order valence-corrected chi connectivity index (χ0v) is 16.6. The molecule has 1 saturated heterocycles. The van der Waals surface area contributed by atoms with E-state index < -0.39 is 5.41 Å². The van der Waals surface area contributed by atoms with E-state index in [1.807, 2.05) is 47.4 Å². The predicted octanol–water partition coefficient (Wildman–Crippen LogP) is 2.77. The van der Waals surface area contributed by atoms with Crippen molar-refractivity contribution in [3.05, 3.63) is 53.6 Å². The van der Waals surface area contributed by atoms with E-state index in [2.05, 4.69) is 0 Å². The Morgan fingerprint density at radius 3 is 2.21 bits per heavy atom. The van der Waals surface area contributed by atoms with Gasteiger partial charge in [0.25, 0.3) is 0 Å². The minimum Gasteiger partial charge on any atom is -0.493 e. The fourth-order valence-electron chi connectivity index (χ4n) is 4.03. The monoisotopic (exact) mass is 385 g/mol. The summed E-state index contributed by atoms with van der Waals surface area (Å²) >= 11 is 0. The number of carbonyl (C=O) groups is 1. The molecule has 0 aromatic heterocycles. The number of amides is 1. The average Bonchev–Trinajstić information content (AvgIpc) is 3.04. The van der Waals surface area contributed by atoms with Crippen LogP contribution in [-0.4, -0.2) is 50.4 Å². The molecule has 150 valence electrons. The van der Waals surface area contributed by atoms with Crippen LogP contribution in [0.2, 0.25) is 0 Å². The van der Waals surface area contributed by atoms with Crippen molar-refractivity contribution in [3.8, 4) is 17.2 Å². The number of likely N-dealkylation sites (tertiary alicyclic amines) is 1. The van der Waals surface area contributed by atoms with E-state index in [1.54, 1.807) is 21.3 Å². The highest BCUT2D eigenvalue weighted by Gasteiger charge is 2.47. The van der Waals surface area contributed by atoms with Gasteiger partial charge in [0, 0.05) is 19.7 Å². The van der Waals surface area contributed by atoms with Gasteiger partial charge in [-0.25, -0.2) is 0 Å². The van der Waals surface area contributed by atoms with Gasteiger partial charge in [-0.1, -0.05) is 30.3 Å². The van der Waals surface area contributed by atoms with Crippen LogP contribution < -0.4 is 14.2 Å². The predicted molar refractivity (Wildman–Crippen MR) is 106 cm³/mol. The van der Waals surface area contributed by atoms with Crippen LogP contribution in [0, 0.1) is 0 Å². The summed E-state index contributed by atoms with van der Waals surface area (Å²) in [5, 5.41) is 9.62. The first-order valence-electron chi connectivity index (χ1n) is 9.34. The van der Waals surface area contributed by atoms with Gasteiger partial charge in [-0.3, -0.25) is 4.79 Å². The molecule has 2 aromatic rings. The second-order valence-electron chi connectivity index (χ2n) is 6.93. The lowest BCUT2D eigenvalue weighted by Gasteiger charge is -2.28. The van der Waals surface area contributed by atoms with Gasteiger partial charge in [-0.05, 0) is 36.1 Å². The number of aliphatic hydroxyl groups is 1. The summed E-state index contributed by atoms with van der Waals surface area (Å²) in [5.41, 5.74) is 1.19. The molecule has 0 saturated carbocycles. The largest absolute Gasteiger partial charge is 0.493 e. The average molecular weight is 385 g/mol. The molecule has 0 bridgehead atoms. The van der Waals surface area contributed by atoms with Crippen molar-refractivity contribution in [2.45, 2.75) is 24.8 Å². The SMILES string of the molecule is COc1cc(CN2CCC(CCO)(c3ccccc3)C2=O)cc(OC)c1OC. The highest BCUT2D eigenvalue weighted by atomic mass is 16.5. The Balaban J connectivity index is 1.89. The minimum atomic E-state index is -0.670. The molecule has 0 radical (unpaired) electrons. The lowest BCUT2D eigenvalue weighted by atomic mass is 9.76. The highest BCUT2D eigenvalue weighted by molar-refractivity contribution is 5.90. The molecule has 6 nitrogen and oxygen atoms in total. The van der Waals surface area contributed by atoms with Crippen LogP contribution in [0.3, 0.4) is 0 Å². The lowest BCUT2D eigenvalue weighted by Crippen LogP contribution is -2.38. The molecular formula is C22H27NO5. The molecule has 1 atom stereocenters. The molecule has 0 spiro atoms. The van der Waals surface area contributed by atoms with Crippen molar-refractivity contribution in [3.63, 3.8) is 0 Å². The van der Waals surface area contributed by atoms with Gasteiger partial charge in [-0.2, -0.15) is 0 Å². The molecule has 1 unspecified atom stereocenters. The number of aliphatic hydroxyl groups excluding tert-OH is 1. The Morgan fingerprint density at radius 2 is 1.68 bits per heavy atom. The van der Waals surface area contributed by atoms with E-state index in [4.69, 9.17) is 14.2 Å². The maximum Gasteiger partial charge on any atom is 0.233 e. The van der Waals surface area contributed by atoms with E-state index in [0.717, 1.165) is 11.1 Å². The molecule has 6 heteroatoms. The summed E-state index contributed by atoms with van der Waals surface area (Å²) < 4.78 is 16.2. The van der Waals surface area contributed by atoms with Crippen molar-refractivity contribution < 1.29 is 24.1 Å². The van der Waals surface area contributed by atoms with Gasteiger partial charge in [0.15, 0.2) is 11.5 Å². The summed E-state index contributed by atoms with van der Waals surface area (Å²) in [6.07, 6.45) is 1.10. The molecule has 1 aliphatic heterocycles. The third-order valence-electron chi connectivity index (χ3n) is 5.47.